The highest BCUT2D eigenvalue weighted by Gasteiger charge is 2.33. The molecule has 1 amide bonds. The van der Waals surface area contributed by atoms with Crippen LogP contribution in [-0.4, -0.2) is 29.1 Å². The summed E-state index contributed by atoms with van der Waals surface area (Å²) >= 11 is 4.51. The maximum absolute atomic E-state index is 11.9. The van der Waals surface area contributed by atoms with E-state index >= 15 is 0 Å². The lowest BCUT2D eigenvalue weighted by molar-refractivity contribution is -0.136. The first-order chi connectivity index (χ1) is 7.58. The Morgan fingerprint density at radius 1 is 1.44 bits per heavy atom. The first kappa shape index (κ1) is 12.0. The third-order valence-electron chi connectivity index (χ3n) is 3.72. The van der Waals surface area contributed by atoms with Crippen molar-refractivity contribution in [3.05, 3.63) is 12.2 Å². The third kappa shape index (κ3) is 2.45. The molecule has 0 saturated carbocycles. The van der Waals surface area contributed by atoms with Crippen LogP contribution in [0.4, 0.5) is 0 Å². The maximum Gasteiger partial charge on any atom is 0.225 e. The highest BCUT2D eigenvalue weighted by molar-refractivity contribution is 7.81. The number of carbonyl (C=O) groups excluding carboxylic acids is 1. The van der Waals surface area contributed by atoms with Gasteiger partial charge in [-0.3, -0.25) is 4.79 Å². The molecule has 2 nitrogen and oxygen atoms in total. The fraction of sp³-hybridized carbons (Fsp3) is 0.769. The number of fused-ring (bicyclic) bond motifs is 1. The van der Waals surface area contributed by atoms with Gasteiger partial charge in [-0.2, -0.15) is 12.6 Å². The summed E-state index contributed by atoms with van der Waals surface area (Å²) in [6.07, 6.45) is 6.76. The maximum atomic E-state index is 11.9. The molecule has 0 aromatic heterocycles. The lowest BCUT2D eigenvalue weighted by Crippen LogP contribution is -2.46. The van der Waals surface area contributed by atoms with E-state index in [1.54, 1.807) is 0 Å². The molecule has 90 valence electrons. The first-order valence-electron chi connectivity index (χ1n) is 6.23. The highest BCUT2D eigenvalue weighted by Crippen LogP contribution is 2.34. The predicted octanol–water partition coefficient (Wildman–Crippen LogP) is 2.37. The zero-order chi connectivity index (χ0) is 11.7. The van der Waals surface area contributed by atoms with Gasteiger partial charge in [-0.05, 0) is 24.7 Å². The largest absolute Gasteiger partial charge is 0.342 e. The molecule has 1 heterocycles. The van der Waals surface area contributed by atoms with Gasteiger partial charge in [0.2, 0.25) is 5.91 Å². The van der Waals surface area contributed by atoms with E-state index in [1.807, 2.05) is 18.7 Å². The van der Waals surface area contributed by atoms with E-state index in [0.717, 1.165) is 25.9 Å². The SMILES string of the molecule is CC(C)C(=O)N1CCC2C=CC(S)CC2C1. The Kier molecular flexibility index (Phi) is 3.63. The molecule has 1 saturated heterocycles. The lowest BCUT2D eigenvalue weighted by Gasteiger charge is -2.40. The molecule has 2 rings (SSSR count). The summed E-state index contributed by atoms with van der Waals surface area (Å²) in [4.78, 5) is 14.0. The molecule has 0 N–H and O–H groups in total. The van der Waals surface area contributed by atoms with Gasteiger partial charge in [-0.25, -0.2) is 0 Å². The van der Waals surface area contributed by atoms with Gasteiger partial charge in [0, 0.05) is 24.3 Å². The van der Waals surface area contributed by atoms with E-state index in [1.165, 1.54) is 0 Å². The van der Waals surface area contributed by atoms with Crippen LogP contribution >= 0.6 is 12.6 Å². The molecule has 1 fully saturated rings. The number of nitrogens with zero attached hydrogens (tertiary/aromatic N) is 1. The van der Waals surface area contributed by atoms with Gasteiger partial charge in [0.15, 0.2) is 0 Å². The molecule has 2 aliphatic rings. The third-order valence-corrected chi connectivity index (χ3v) is 4.11. The van der Waals surface area contributed by atoms with Crippen molar-refractivity contribution in [2.24, 2.45) is 17.8 Å². The molecule has 0 aromatic rings. The molecular weight excluding hydrogens is 218 g/mol. The number of carbonyl (C=O) groups is 1. The second-order valence-corrected chi connectivity index (χ2v) is 6.00. The van der Waals surface area contributed by atoms with Crippen LogP contribution in [0, 0.1) is 17.8 Å². The Bertz CT molecular complexity index is 300. The van der Waals surface area contributed by atoms with E-state index in [4.69, 9.17) is 0 Å². The molecule has 0 radical (unpaired) electrons. The standard InChI is InChI=1S/C13H21NOS/c1-9(2)13(15)14-6-5-10-3-4-12(16)7-11(10)8-14/h3-4,9-12,16H,5-8H2,1-2H3. The lowest BCUT2D eigenvalue weighted by atomic mass is 9.78. The van der Waals surface area contributed by atoms with E-state index in [2.05, 4.69) is 24.8 Å². The van der Waals surface area contributed by atoms with Crippen LogP contribution in [-0.2, 0) is 4.79 Å². The van der Waals surface area contributed by atoms with Crippen molar-refractivity contribution in [1.82, 2.24) is 4.90 Å². The Hall–Kier alpha value is -0.440. The number of rotatable bonds is 1. The summed E-state index contributed by atoms with van der Waals surface area (Å²) < 4.78 is 0. The Morgan fingerprint density at radius 3 is 2.88 bits per heavy atom. The van der Waals surface area contributed by atoms with Gasteiger partial charge in [-0.15, -0.1) is 0 Å². The van der Waals surface area contributed by atoms with Crippen molar-refractivity contribution in [2.75, 3.05) is 13.1 Å². The van der Waals surface area contributed by atoms with E-state index in [0.29, 0.717) is 23.0 Å². The Balaban J connectivity index is 2.00. The summed E-state index contributed by atoms with van der Waals surface area (Å²) in [5.41, 5.74) is 0. The fourth-order valence-corrected chi connectivity index (χ4v) is 3.15. The summed E-state index contributed by atoms with van der Waals surface area (Å²) in [5.74, 6) is 1.75. The quantitative estimate of drug-likeness (QED) is 0.550. The number of amides is 1. The summed E-state index contributed by atoms with van der Waals surface area (Å²) in [6.45, 7) is 5.83. The Labute approximate surface area is 103 Å². The van der Waals surface area contributed by atoms with Crippen LogP contribution in [0.1, 0.15) is 26.7 Å². The fourth-order valence-electron chi connectivity index (χ4n) is 2.78. The number of hydrogen-bond acceptors (Lipinski definition) is 2. The summed E-state index contributed by atoms with van der Waals surface area (Å²) in [5, 5.41) is 0.385. The molecule has 3 heteroatoms. The molecule has 16 heavy (non-hydrogen) atoms. The zero-order valence-corrected chi connectivity index (χ0v) is 11.0. The van der Waals surface area contributed by atoms with Crippen LogP contribution in [0.5, 0.6) is 0 Å². The summed E-state index contributed by atoms with van der Waals surface area (Å²) in [6, 6.07) is 0. The molecular formula is C13H21NOS. The average Bonchev–Trinajstić information content (AvgIpc) is 2.26. The topological polar surface area (TPSA) is 20.3 Å². The molecule has 3 unspecified atom stereocenters. The number of allylic oxidation sites excluding steroid dienone is 1. The van der Waals surface area contributed by atoms with Gasteiger partial charge < -0.3 is 4.90 Å². The Morgan fingerprint density at radius 2 is 2.19 bits per heavy atom. The second-order valence-electron chi connectivity index (χ2n) is 5.34. The average molecular weight is 239 g/mol. The first-order valence-corrected chi connectivity index (χ1v) is 6.74. The van der Waals surface area contributed by atoms with Crippen molar-refractivity contribution in [2.45, 2.75) is 31.9 Å². The zero-order valence-electron chi connectivity index (χ0n) is 10.1. The van der Waals surface area contributed by atoms with Crippen molar-refractivity contribution in [3.63, 3.8) is 0 Å². The number of piperidine rings is 1. The van der Waals surface area contributed by atoms with Crippen molar-refractivity contribution < 1.29 is 4.79 Å². The van der Waals surface area contributed by atoms with Crippen LogP contribution < -0.4 is 0 Å². The van der Waals surface area contributed by atoms with Crippen molar-refractivity contribution >= 4 is 18.5 Å². The highest BCUT2D eigenvalue weighted by atomic mass is 32.1. The molecule has 1 aliphatic heterocycles. The van der Waals surface area contributed by atoms with E-state index < -0.39 is 0 Å². The van der Waals surface area contributed by atoms with Gasteiger partial charge in [0.25, 0.3) is 0 Å². The monoisotopic (exact) mass is 239 g/mol. The minimum absolute atomic E-state index is 0.127. The van der Waals surface area contributed by atoms with Crippen LogP contribution in [0.3, 0.4) is 0 Å². The molecule has 0 bridgehead atoms. The summed E-state index contributed by atoms with van der Waals surface area (Å²) in [7, 11) is 0. The number of likely N-dealkylation sites (tertiary alicyclic amines) is 1. The molecule has 3 atom stereocenters. The predicted molar refractivity (Wildman–Crippen MR) is 69.5 cm³/mol. The van der Waals surface area contributed by atoms with Crippen molar-refractivity contribution in [3.8, 4) is 0 Å². The molecule has 0 aromatic carbocycles. The van der Waals surface area contributed by atoms with Crippen LogP contribution in [0.2, 0.25) is 0 Å². The second kappa shape index (κ2) is 4.82. The minimum Gasteiger partial charge on any atom is -0.342 e. The van der Waals surface area contributed by atoms with E-state index in [9.17, 15) is 4.79 Å². The van der Waals surface area contributed by atoms with Gasteiger partial charge in [0.05, 0.1) is 0 Å². The number of hydrogen-bond donors (Lipinski definition) is 1. The van der Waals surface area contributed by atoms with E-state index in [-0.39, 0.29) is 5.92 Å². The minimum atomic E-state index is 0.127. The molecule has 0 spiro atoms. The van der Waals surface area contributed by atoms with Crippen LogP contribution in [0.15, 0.2) is 12.2 Å². The van der Waals surface area contributed by atoms with Gasteiger partial charge >= 0.3 is 0 Å². The normalized spacial score (nSPS) is 34.0. The molecule has 1 aliphatic carbocycles. The number of thiol groups is 1. The van der Waals surface area contributed by atoms with Crippen LogP contribution in [0.25, 0.3) is 0 Å². The van der Waals surface area contributed by atoms with Gasteiger partial charge in [0.1, 0.15) is 0 Å². The smallest absolute Gasteiger partial charge is 0.225 e. The van der Waals surface area contributed by atoms with Gasteiger partial charge in [-0.1, -0.05) is 26.0 Å². The van der Waals surface area contributed by atoms with Crippen molar-refractivity contribution in [1.29, 1.82) is 0 Å².